The lowest BCUT2D eigenvalue weighted by molar-refractivity contribution is 0.120. The molecular weight excluding hydrogens is 274 g/mol. The third kappa shape index (κ3) is 3.95. The summed E-state index contributed by atoms with van der Waals surface area (Å²) in [6, 6.07) is 11.4. The van der Waals surface area contributed by atoms with Crippen molar-refractivity contribution in [1.82, 2.24) is 15.1 Å². The van der Waals surface area contributed by atoms with Gasteiger partial charge in [-0.05, 0) is 37.8 Å². The van der Waals surface area contributed by atoms with Gasteiger partial charge in [-0.1, -0.05) is 43.7 Å². The number of benzene rings is 1. The molecule has 1 aromatic carbocycles. The van der Waals surface area contributed by atoms with Gasteiger partial charge in [0.2, 0.25) is 11.8 Å². The molecule has 0 saturated carbocycles. The predicted molar refractivity (Wildman–Crippen MR) is 86.5 cm³/mol. The van der Waals surface area contributed by atoms with Crippen molar-refractivity contribution >= 4 is 0 Å². The monoisotopic (exact) mass is 299 g/mol. The Labute approximate surface area is 132 Å². The molecule has 2 heterocycles. The molecule has 1 aliphatic heterocycles. The van der Waals surface area contributed by atoms with Gasteiger partial charge in [-0.3, -0.25) is 4.90 Å². The standard InChI is InChI=1S/C18H25N3O/c1-2-17-19-20-18(22-17)14-21-13-7-6-10-16(21)12-11-15-8-4-3-5-9-15/h3-5,8-9,16H,2,6-7,10-14H2,1H3/t16-/m1/s1. The largest absolute Gasteiger partial charge is 0.424 e. The van der Waals surface area contributed by atoms with Crippen LogP contribution in [0.5, 0.6) is 0 Å². The number of rotatable bonds is 6. The van der Waals surface area contributed by atoms with Crippen molar-refractivity contribution in [3.05, 3.63) is 47.7 Å². The number of hydrogen-bond acceptors (Lipinski definition) is 4. The van der Waals surface area contributed by atoms with Crippen LogP contribution in [-0.2, 0) is 19.4 Å². The molecule has 1 saturated heterocycles. The number of hydrogen-bond donors (Lipinski definition) is 0. The van der Waals surface area contributed by atoms with E-state index in [-0.39, 0.29) is 0 Å². The second-order valence-corrected chi connectivity index (χ2v) is 6.09. The van der Waals surface area contributed by atoms with Crippen LogP contribution in [-0.4, -0.2) is 27.7 Å². The number of nitrogens with zero attached hydrogens (tertiary/aromatic N) is 3. The van der Waals surface area contributed by atoms with E-state index in [1.54, 1.807) is 0 Å². The first-order chi connectivity index (χ1) is 10.8. The van der Waals surface area contributed by atoms with Gasteiger partial charge in [-0.15, -0.1) is 10.2 Å². The van der Waals surface area contributed by atoms with Crippen molar-refractivity contribution in [2.75, 3.05) is 6.54 Å². The minimum Gasteiger partial charge on any atom is -0.424 e. The van der Waals surface area contributed by atoms with E-state index in [4.69, 9.17) is 4.42 Å². The second-order valence-electron chi connectivity index (χ2n) is 6.09. The lowest BCUT2D eigenvalue weighted by atomic mass is 9.96. The van der Waals surface area contributed by atoms with Crippen molar-refractivity contribution in [2.24, 2.45) is 0 Å². The fraction of sp³-hybridized carbons (Fsp3) is 0.556. The predicted octanol–water partition coefficient (Wildman–Crippen LogP) is 3.62. The summed E-state index contributed by atoms with van der Waals surface area (Å²) in [7, 11) is 0. The normalized spacial score (nSPS) is 19.4. The van der Waals surface area contributed by atoms with Gasteiger partial charge in [0, 0.05) is 12.5 Å². The molecule has 2 aromatic rings. The highest BCUT2D eigenvalue weighted by Crippen LogP contribution is 2.23. The van der Waals surface area contributed by atoms with Crippen LogP contribution >= 0.6 is 0 Å². The van der Waals surface area contributed by atoms with Crippen molar-refractivity contribution in [2.45, 2.75) is 58.0 Å². The lowest BCUT2D eigenvalue weighted by Gasteiger charge is -2.34. The molecule has 1 aliphatic rings. The molecule has 1 aromatic heterocycles. The Balaban J connectivity index is 1.58. The highest BCUT2D eigenvalue weighted by Gasteiger charge is 2.23. The van der Waals surface area contributed by atoms with Crippen molar-refractivity contribution in [3.63, 3.8) is 0 Å². The Hall–Kier alpha value is -1.68. The Bertz CT molecular complexity index is 567. The zero-order valence-electron chi connectivity index (χ0n) is 13.4. The first-order valence-electron chi connectivity index (χ1n) is 8.44. The molecule has 118 valence electrons. The average molecular weight is 299 g/mol. The van der Waals surface area contributed by atoms with Gasteiger partial charge < -0.3 is 4.42 Å². The minimum atomic E-state index is 0.630. The Morgan fingerprint density at radius 2 is 1.95 bits per heavy atom. The van der Waals surface area contributed by atoms with Crippen molar-refractivity contribution in [3.8, 4) is 0 Å². The van der Waals surface area contributed by atoms with Gasteiger partial charge in [0.1, 0.15) is 0 Å². The van der Waals surface area contributed by atoms with Crippen LogP contribution < -0.4 is 0 Å². The molecule has 0 bridgehead atoms. The molecule has 0 radical (unpaired) electrons. The fourth-order valence-electron chi connectivity index (χ4n) is 3.24. The van der Waals surface area contributed by atoms with Crippen LogP contribution in [0, 0.1) is 0 Å². The molecule has 0 N–H and O–H groups in total. The highest BCUT2D eigenvalue weighted by molar-refractivity contribution is 5.14. The van der Waals surface area contributed by atoms with Crippen LogP contribution in [0.4, 0.5) is 0 Å². The number of likely N-dealkylation sites (tertiary alicyclic amines) is 1. The molecule has 0 amide bonds. The first kappa shape index (κ1) is 15.2. The quantitative estimate of drug-likeness (QED) is 0.817. The van der Waals surface area contributed by atoms with Crippen LogP contribution in [0.2, 0.25) is 0 Å². The summed E-state index contributed by atoms with van der Waals surface area (Å²) >= 11 is 0. The maximum atomic E-state index is 5.68. The van der Waals surface area contributed by atoms with Crippen LogP contribution in [0.1, 0.15) is 50.0 Å². The summed E-state index contributed by atoms with van der Waals surface area (Å²) in [5, 5.41) is 8.25. The van der Waals surface area contributed by atoms with E-state index < -0.39 is 0 Å². The smallest absolute Gasteiger partial charge is 0.230 e. The van der Waals surface area contributed by atoms with E-state index in [0.717, 1.165) is 37.7 Å². The maximum Gasteiger partial charge on any atom is 0.230 e. The van der Waals surface area contributed by atoms with E-state index in [0.29, 0.717) is 6.04 Å². The van der Waals surface area contributed by atoms with Gasteiger partial charge in [-0.2, -0.15) is 0 Å². The summed E-state index contributed by atoms with van der Waals surface area (Å²) in [5.41, 5.74) is 1.43. The number of aryl methyl sites for hydroxylation is 2. The van der Waals surface area contributed by atoms with E-state index in [1.165, 1.54) is 31.2 Å². The molecule has 3 rings (SSSR count). The summed E-state index contributed by atoms with van der Waals surface area (Å²) < 4.78 is 5.68. The molecule has 4 heteroatoms. The Morgan fingerprint density at radius 3 is 2.73 bits per heavy atom. The SMILES string of the molecule is CCc1nnc(CN2CCCC[C@@H]2CCc2ccccc2)o1. The summed E-state index contributed by atoms with van der Waals surface area (Å²) in [6.07, 6.45) is 7.05. The van der Waals surface area contributed by atoms with E-state index in [1.807, 2.05) is 6.92 Å². The Kier molecular flexibility index (Phi) is 5.22. The van der Waals surface area contributed by atoms with Gasteiger partial charge in [-0.25, -0.2) is 0 Å². The van der Waals surface area contributed by atoms with Gasteiger partial charge in [0.15, 0.2) is 0 Å². The number of aromatic nitrogens is 2. The fourth-order valence-corrected chi connectivity index (χ4v) is 3.24. The molecule has 0 spiro atoms. The van der Waals surface area contributed by atoms with E-state index in [2.05, 4.69) is 45.4 Å². The molecule has 1 fully saturated rings. The highest BCUT2D eigenvalue weighted by atomic mass is 16.4. The molecule has 22 heavy (non-hydrogen) atoms. The molecule has 4 nitrogen and oxygen atoms in total. The van der Waals surface area contributed by atoms with Gasteiger partial charge in [0.25, 0.3) is 0 Å². The first-order valence-corrected chi connectivity index (χ1v) is 8.44. The van der Waals surface area contributed by atoms with Crippen molar-refractivity contribution < 1.29 is 4.42 Å². The van der Waals surface area contributed by atoms with Crippen LogP contribution in [0.15, 0.2) is 34.7 Å². The van der Waals surface area contributed by atoms with Gasteiger partial charge >= 0.3 is 0 Å². The lowest BCUT2D eigenvalue weighted by Crippen LogP contribution is -2.39. The summed E-state index contributed by atoms with van der Waals surface area (Å²) in [5.74, 6) is 1.51. The third-order valence-corrected chi connectivity index (χ3v) is 4.51. The summed E-state index contributed by atoms with van der Waals surface area (Å²) in [4.78, 5) is 2.53. The maximum absolute atomic E-state index is 5.68. The zero-order chi connectivity index (χ0) is 15.2. The molecule has 1 atom stereocenters. The van der Waals surface area contributed by atoms with E-state index in [9.17, 15) is 0 Å². The molecular formula is C18H25N3O. The third-order valence-electron chi connectivity index (χ3n) is 4.51. The summed E-state index contributed by atoms with van der Waals surface area (Å²) in [6.45, 7) is 3.98. The van der Waals surface area contributed by atoms with E-state index >= 15 is 0 Å². The van der Waals surface area contributed by atoms with Crippen molar-refractivity contribution in [1.29, 1.82) is 0 Å². The van der Waals surface area contributed by atoms with Crippen LogP contribution in [0.3, 0.4) is 0 Å². The average Bonchev–Trinajstić information content (AvgIpc) is 3.03. The number of piperidine rings is 1. The Morgan fingerprint density at radius 1 is 1.14 bits per heavy atom. The topological polar surface area (TPSA) is 42.2 Å². The minimum absolute atomic E-state index is 0.630. The van der Waals surface area contributed by atoms with Crippen LogP contribution in [0.25, 0.3) is 0 Å². The second kappa shape index (κ2) is 7.54. The van der Waals surface area contributed by atoms with Gasteiger partial charge in [0.05, 0.1) is 6.54 Å². The molecule has 0 unspecified atom stereocenters. The molecule has 0 aliphatic carbocycles. The zero-order valence-corrected chi connectivity index (χ0v) is 13.4.